The van der Waals surface area contributed by atoms with Gasteiger partial charge in [0.05, 0.1) is 18.7 Å². The molecule has 0 aliphatic heterocycles. The Kier molecular flexibility index (Phi) is 6.53. The largest absolute Gasteiger partial charge is 0.479 e. The zero-order chi connectivity index (χ0) is 28.2. The quantitative estimate of drug-likeness (QED) is 0.206. The molecule has 1 unspecified atom stereocenters. The van der Waals surface area contributed by atoms with Crippen LogP contribution in [0, 0.1) is 24.0 Å². The Hall–Kier alpha value is -3.92. The lowest BCUT2D eigenvalue weighted by Crippen LogP contribution is -2.22. The summed E-state index contributed by atoms with van der Waals surface area (Å²) in [5.41, 5.74) is 1.30. The number of aryl methyl sites for hydroxylation is 2. The normalized spacial score (nSPS) is 17.1. The van der Waals surface area contributed by atoms with Crippen molar-refractivity contribution in [3.05, 3.63) is 69.8 Å². The van der Waals surface area contributed by atoms with E-state index in [2.05, 4.69) is 15.3 Å². The van der Waals surface area contributed by atoms with Gasteiger partial charge in [-0.25, -0.2) is 8.78 Å². The number of Topliss-reactive ketones (excluding diaryl/α,β-unsaturated/α-hetero) is 2. The van der Waals surface area contributed by atoms with Crippen molar-refractivity contribution < 1.29 is 32.2 Å². The first-order chi connectivity index (χ1) is 19.2. The molecular formula is C29H24ClF2N3O5. The van der Waals surface area contributed by atoms with Gasteiger partial charge in [-0.2, -0.15) is 4.98 Å². The number of methoxy groups -OCH3 is 1. The highest BCUT2D eigenvalue weighted by Crippen LogP contribution is 2.53. The molecule has 2 aliphatic carbocycles. The number of rotatable bonds is 9. The summed E-state index contributed by atoms with van der Waals surface area (Å²) in [4.78, 5) is 30.2. The van der Waals surface area contributed by atoms with Crippen LogP contribution in [0.3, 0.4) is 0 Å². The summed E-state index contributed by atoms with van der Waals surface area (Å²) in [5, 5.41) is 7.63. The molecule has 1 atom stereocenters. The predicted octanol–water partition coefficient (Wildman–Crippen LogP) is 6.68. The molecule has 2 aliphatic rings. The van der Waals surface area contributed by atoms with E-state index in [1.54, 1.807) is 19.1 Å². The number of carbonyl (C=O) groups is 2. The maximum Gasteiger partial charge on any atom is 0.254 e. The second-order valence-electron chi connectivity index (χ2n) is 10.5. The minimum Gasteiger partial charge on any atom is -0.479 e. The summed E-state index contributed by atoms with van der Waals surface area (Å²) in [7, 11) is 1.42. The van der Waals surface area contributed by atoms with Gasteiger partial charge in [-0.1, -0.05) is 22.8 Å². The van der Waals surface area contributed by atoms with Crippen molar-refractivity contribution in [1.82, 2.24) is 15.3 Å². The van der Waals surface area contributed by atoms with Crippen molar-refractivity contribution >= 4 is 23.2 Å². The van der Waals surface area contributed by atoms with E-state index in [9.17, 15) is 9.59 Å². The van der Waals surface area contributed by atoms with Crippen LogP contribution in [0.2, 0.25) is 5.02 Å². The first-order valence-corrected chi connectivity index (χ1v) is 13.2. The number of ketones is 2. The monoisotopic (exact) mass is 567 g/mol. The van der Waals surface area contributed by atoms with Gasteiger partial charge in [0, 0.05) is 30.2 Å². The van der Waals surface area contributed by atoms with E-state index in [-0.39, 0.29) is 64.3 Å². The molecule has 11 heteroatoms. The summed E-state index contributed by atoms with van der Waals surface area (Å²) in [5.74, 6) is -1.27. The first kappa shape index (κ1) is 26.3. The molecule has 0 radical (unpaired) electrons. The molecule has 4 aromatic rings. The molecule has 2 heterocycles. The number of ether oxygens (including phenoxy) is 1. The van der Waals surface area contributed by atoms with Crippen LogP contribution < -0.4 is 4.74 Å². The number of hydrogen-bond donors (Lipinski definition) is 0. The number of carbonyl (C=O) groups excluding carboxylic acids is 2. The van der Waals surface area contributed by atoms with Crippen LogP contribution >= 0.6 is 11.6 Å². The van der Waals surface area contributed by atoms with E-state index in [0.717, 1.165) is 11.6 Å². The summed E-state index contributed by atoms with van der Waals surface area (Å²) < 4.78 is 45.7. The molecule has 6 rings (SSSR count). The summed E-state index contributed by atoms with van der Waals surface area (Å²) in [6, 6.07) is 7.23. The number of hydrogen-bond acceptors (Lipinski definition) is 8. The minimum absolute atomic E-state index is 0.0177. The number of aromatic nitrogens is 3. The fourth-order valence-corrected chi connectivity index (χ4v) is 5.83. The molecular weight excluding hydrogens is 544 g/mol. The topological polar surface area (TPSA) is 108 Å². The van der Waals surface area contributed by atoms with Gasteiger partial charge in [-0.05, 0) is 77.2 Å². The number of fused-ring (bicyclic) bond motifs is 1. The molecule has 1 saturated carbocycles. The molecule has 2 aromatic heterocycles. The van der Waals surface area contributed by atoms with Crippen molar-refractivity contribution in [3.8, 4) is 28.4 Å². The molecule has 2 aromatic carbocycles. The fourth-order valence-electron chi connectivity index (χ4n) is 5.63. The second-order valence-corrected chi connectivity index (χ2v) is 10.9. The zero-order valence-electron chi connectivity index (χ0n) is 21.7. The van der Waals surface area contributed by atoms with Crippen LogP contribution in [0.15, 0.2) is 39.4 Å². The van der Waals surface area contributed by atoms with Crippen molar-refractivity contribution in [1.29, 1.82) is 0 Å². The van der Waals surface area contributed by atoms with Gasteiger partial charge in [-0.3, -0.25) is 9.59 Å². The Morgan fingerprint density at radius 2 is 1.90 bits per heavy atom. The Labute approximate surface area is 232 Å². The smallest absolute Gasteiger partial charge is 0.254 e. The Bertz CT molecular complexity index is 1660. The van der Waals surface area contributed by atoms with Crippen LogP contribution in [0.1, 0.15) is 65.6 Å². The molecule has 1 fully saturated rings. The van der Waals surface area contributed by atoms with Crippen LogP contribution in [-0.2, 0) is 11.2 Å². The SMILES string of the molecule is COc1cc(C(=O)CC2(C(=O)CC3CCc4cc(-c5cc(Cl)cc(F)c5-c5noc(C)n5)cc(F)c43)CC2)on1. The van der Waals surface area contributed by atoms with E-state index in [1.165, 1.54) is 19.2 Å². The third-order valence-electron chi connectivity index (χ3n) is 7.85. The molecule has 0 amide bonds. The van der Waals surface area contributed by atoms with Gasteiger partial charge in [0.1, 0.15) is 17.4 Å². The molecule has 40 heavy (non-hydrogen) atoms. The van der Waals surface area contributed by atoms with E-state index >= 15 is 8.78 Å². The van der Waals surface area contributed by atoms with Crippen LogP contribution in [0.25, 0.3) is 22.5 Å². The summed E-state index contributed by atoms with van der Waals surface area (Å²) in [6.45, 7) is 1.59. The van der Waals surface area contributed by atoms with Gasteiger partial charge in [0.15, 0.2) is 0 Å². The van der Waals surface area contributed by atoms with Gasteiger partial charge in [0.25, 0.3) is 5.88 Å². The first-order valence-electron chi connectivity index (χ1n) is 12.9. The Balaban J connectivity index is 1.25. The lowest BCUT2D eigenvalue weighted by Gasteiger charge is -2.18. The predicted molar refractivity (Wildman–Crippen MR) is 139 cm³/mol. The van der Waals surface area contributed by atoms with Crippen LogP contribution in [0.5, 0.6) is 5.88 Å². The third kappa shape index (κ3) is 4.70. The van der Waals surface area contributed by atoms with Gasteiger partial charge in [-0.15, -0.1) is 0 Å². The fraction of sp³-hybridized carbons (Fsp3) is 0.345. The second kappa shape index (κ2) is 9.92. The van der Waals surface area contributed by atoms with E-state index < -0.39 is 17.0 Å². The van der Waals surface area contributed by atoms with Gasteiger partial charge in [0.2, 0.25) is 23.3 Å². The molecule has 206 valence electrons. The minimum atomic E-state index is -0.758. The zero-order valence-corrected chi connectivity index (χ0v) is 22.5. The molecule has 0 bridgehead atoms. The van der Waals surface area contributed by atoms with Crippen molar-refractivity contribution in [3.63, 3.8) is 0 Å². The molecule has 0 spiro atoms. The third-order valence-corrected chi connectivity index (χ3v) is 8.07. The molecule has 0 saturated heterocycles. The van der Waals surface area contributed by atoms with Crippen LogP contribution in [0.4, 0.5) is 8.78 Å². The highest BCUT2D eigenvalue weighted by molar-refractivity contribution is 6.31. The number of halogens is 3. The maximum atomic E-state index is 15.7. The van der Waals surface area contributed by atoms with E-state index in [1.807, 2.05) is 0 Å². The van der Waals surface area contributed by atoms with Gasteiger partial charge < -0.3 is 13.8 Å². The van der Waals surface area contributed by atoms with Crippen molar-refractivity contribution in [2.75, 3.05) is 7.11 Å². The average Bonchev–Trinajstić information content (AvgIpc) is 3.24. The lowest BCUT2D eigenvalue weighted by molar-refractivity contribution is -0.124. The average molecular weight is 568 g/mol. The molecule has 8 nitrogen and oxygen atoms in total. The van der Waals surface area contributed by atoms with Crippen LogP contribution in [-0.4, -0.2) is 34.0 Å². The summed E-state index contributed by atoms with van der Waals surface area (Å²) >= 11 is 6.16. The van der Waals surface area contributed by atoms with E-state index in [4.69, 9.17) is 25.4 Å². The van der Waals surface area contributed by atoms with Gasteiger partial charge >= 0.3 is 0 Å². The highest BCUT2D eigenvalue weighted by atomic mass is 35.5. The van der Waals surface area contributed by atoms with Crippen molar-refractivity contribution in [2.45, 2.75) is 51.4 Å². The maximum absolute atomic E-state index is 15.7. The Morgan fingerprint density at radius 1 is 1.10 bits per heavy atom. The molecule has 0 N–H and O–H groups in total. The number of nitrogens with zero attached hydrogens (tertiary/aromatic N) is 3. The highest BCUT2D eigenvalue weighted by Gasteiger charge is 2.51. The summed E-state index contributed by atoms with van der Waals surface area (Å²) in [6.07, 6.45) is 2.50. The lowest BCUT2D eigenvalue weighted by atomic mass is 9.85. The standard InChI is InChI=1S/C29H24ClF2N3O5/c1-14-33-28(35-39-14)27-19(10-18(30)11-21(27)32)17-7-15-3-4-16(26(15)20(31)8-17)9-24(37)29(5-6-29)13-22(36)23-12-25(38-2)34-40-23/h7-8,10-12,16H,3-6,9,13H2,1-2H3. The van der Waals surface area contributed by atoms with Crippen molar-refractivity contribution in [2.24, 2.45) is 5.41 Å². The Morgan fingerprint density at radius 3 is 2.58 bits per heavy atom. The number of benzene rings is 2. The van der Waals surface area contributed by atoms with E-state index in [0.29, 0.717) is 42.4 Å².